The van der Waals surface area contributed by atoms with Crippen molar-refractivity contribution in [2.75, 3.05) is 0 Å². The number of phenols is 1. The summed E-state index contributed by atoms with van der Waals surface area (Å²) in [4.78, 5) is 0. The van der Waals surface area contributed by atoms with Crippen LogP contribution in [-0.4, -0.2) is 21.9 Å². The molecule has 4 heteroatoms. The van der Waals surface area contributed by atoms with E-state index in [0.29, 0.717) is 12.2 Å². The molecule has 28 heavy (non-hydrogen) atoms. The summed E-state index contributed by atoms with van der Waals surface area (Å²) < 4.78 is 12.4. The predicted octanol–water partition coefficient (Wildman–Crippen LogP) is 5.38. The van der Waals surface area contributed by atoms with E-state index in [1.165, 1.54) is 5.57 Å². The van der Waals surface area contributed by atoms with E-state index in [-0.39, 0.29) is 11.9 Å². The maximum atomic E-state index is 10.4. The Morgan fingerprint density at radius 2 is 1.93 bits per heavy atom. The number of aryl methyl sites for hydroxylation is 2. The second kappa shape index (κ2) is 7.51. The highest BCUT2D eigenvalue weighted by atomic mass is 16.5. The first-order chi connectivity index (χ1) is 13.0. The molecule has 1 aliphatic heterocycles. The zero-order valence-corrected chi connectivity index (χ0v) is 17.6. The van der Waals surface area contributed by atoms with Crippen molar-refractivity contribution in [3.63, 3.8) is 0 Å². The van der Waals surface area contributed by atoms with E-state index < -0.39 is 5.60 Å². The number of aliphatic hydroxyl groups is 1. The van der Waals surface area contributed by atoms with Crippen LogP contribution < -0.4 is 9.47 Å². The van der Waals surface area contributed by atoms with Crippen molar-refractivity contribution in [2.45, 2.75) is 66.1 Å². The number of fused-ring (bicyclic) bond motifs is 1. The highest BCUT2D eigenvalue weighted by Crippen LogP contribution is 2.44. The third-order valence-electron chi connectivity index (χ3n) is 5.09. The fraction of sp³-hybridized carbons (Fsp3) is 0.417. The minimum absolute atomic E-state index is 0.177. The molecule has 150 valence electrons. The Balaban J connectivity index is 2.10. The Morgan fingerprint density at radius 1 is 1.21 bits per heavy atom. The van der Waals surface area contributed by atoms with Gasteiger partial charge in [-0.1, -0.05) is 11.6 Å². The number of aromatic hydroxyl groups is 1. The van der Waals surface area contributed by atoms with Crippen LogP contribution in [0.5, 0.6) is 23.0 Å². The van der Waals surface area contributed by atoms with Gasteiger partial charge in [-0.05, 0) is 77.3 Å². The molecule has 0 saturated heterocycles. The molecule has 0 saturated carbocycles. The van der Waals surface area contributed by atoms with Crippen LogP contribution in [0, 0.1) is 13.8 Å². The fourth-order valence-electron chi connectivity index (χ4n) is 3.50. The van der Waals surface area contributed by atoms with Gasteiger partial charge >= 0.3 is 0 Å². The molecule has 1 heterocycles. The zero-order chi connectivity index (χ0) is 20.6. The third-order valence-corrected chi connectivity index (χ3v) is 5.09. The van der Waals surface area contributed by atoms with Gasteiger partial charge in [0.05, 0.1) is 5.60 Å². The minimum atomic E-state index is -0.953. The average Bonchev–Trinajstić information content (AvgIpc) is 2.97. The van der Waals surface area contributed by atoms with Gasteiger partial charge < -0.3 is 19.7 Å². The van der Waals surface area contributed by atoms with Gasteiger partial charge in [-0.25, -0.2) is 0 Å². The zero-order valence-electron chi connectivity index (χ0n) is 17.6. The van der Waals surface area contributed by atoms with Crippen LogP contribution in [-0.2, 0) is 12.8 Å². The Kier molecular flexibility index (Phi) is 5.44. The van der Waals surface area contributed by atoms with E-state index in [1.54, 1.807) is 26.0 Å². The smallest absolute Gasteiger partial charge is 0.138 e. The molecule has 1 atom stereocenters. The Hall–Kier alpha value is -2.46. The van der Waals surface area contributed by atoms with Crippen LogP contribution in [0.2, 0.25) is 0 Å². The van der Waals surface area contributed by atoms with Crippen LogP contribution >= 0.6 is 0 Å². The van der Waals surface area contributed by atoms with Crippen molar-refractivity contribution in [2.24, 2.45) is 0 Å². The molecule has 0 fully saturated rings. The monoisotopic (exact) mass is 382 g/mol. The molecular weight excluding hydrogens is 352 g/mol. The molecule has 0 aromatic heterocycles. The van der Waals surface area contributed by atoms with Gasteiger partial charge in [-0.3, -0.25) is 0 Å². The summed E-state index contributed by atoms with van der Waals surface area (Å²) in [5.41, 5.74) is 4.36. The fourth-order valence-corrected chi connectivity index (χ4v) is 3.50. The molecule has 0 amide bonds. The highest BCUT2D eigenvalue weighted by Gasteiger charge is 2.37. The lowest BCUT2D eigenvalue weighted by molar-refractivity contribution is -0.0229. The summed E-state index contributed by atoms with van der Waals surface area (Å²) in [6.07, 6.45) is 3.18. The molecule has 3 rings (SSSR count). The van der Waals surface area contributed by atoms with E-state index in [9.17, 15) is 10.2 Å². The Labute approximate surface area is 167 Å². The van der Waals surface area contributed by atoms with Crippen LogP contribution in [0.25, 0.3) is 0 Å². The Bertz CT molecular complexity index is 895. The summed E-state index contributed by atoms with van der Waals surface area (Å²) in [6, 6.07) is 7.26. The number of hydrogen-bond acceptors (Lipinski definition) is 4. The number of phenolic OH excluding ortho intramolecular Hbond substituents is 1. The lowest BCUT2D eigenvalue weighted by atomic mass is 9.93. The van der Waals surface area contributed by atoms with Crippen molar-refractivity contribution in [1.82, 2.24) is 0 Å². The molecule has 0 aliphatic carbocycles. The Morgan fingerprint density at radius 3 is 2.54 bits per heavy atom. The largest absolute Gasteiger partial charge is 0.508 e. The normalized spacial score (nSPS) is 15.8. The standard InChI is InChI=1S/C24H30O4/c1-14(2)7-8-19-16(4)11-21-20(13-22(28-21)24(5,6)26)23(19)27-18-10-15(3)9-17(25)12-18/h7,9-12,22,25-26H,8,13H2,1-6H3. The second-order valence-corrected chi connectivity index (χ2v) is 8.53. The molecular formula is C24H30O4. The first-order valence-corrected chi connectivity index (χ1v) is 9.71. The van der Waals surface area contributed by atoms with E-state index in [2.05, 4.69) is 26.8 Å². The summed E-state index contributed by atoms with van der Waals surface area (Å²) in [7, 11) is 0. The van der Waals surface area contributed by atoms with Gasteiger partial charge in [0.1, 0.15) is 29.1 Å². The first kappa shape index (κ1) is 20.3. The molecule has 1 unspecified atom stereocenters. The first-order valence-electron chi connectivity index (χ1n) is 9.71. The number of hydrogen-bond donors (Lipinski definition) is 2. The van der Waals surface area contributed by atoms with E-state index in [0.717, 1.165) is 40.2 Å². The van der Waals surface area contributed by atoms with E-state index in [1.807, 2.05) is 19.1 Å². The van der Waals surface area contributed by atoms with Gasteiger partial charge in [0.2, 0.25) is 0 Å². The molecule has 1 aliphatic rings. The van der Waals surface area contributed by atoms with Crippen LogP contribution in [0.1, 0.15) is 49.9 Å². The number of ether oxygens (including phenoxy) is 2. The van der Waals surface area contributed by atoms with Crippen molar-refractivity contribution in [3.05, 3.63) is 58.2 Å². The van der Waals surface area contributed by atoms with Gasteiger partial charge in [0, 0.05) is 23.6 Å². The summed E-state index contributed by atoms with van der Waals surface area (Å²) >= 11 is 0. The number of allylic oxidation sites excluding steroid dienone is 2. The van der Waals surface area contributed by atoms with Crippen molar-refractivity contribution in [3.8, 4) is 23.0 Å². The lowest BCUT2D eigenvalue weighted by Gasteiger charge is -2.24. The number of rotatable bonds is 5. The molecule has 2 aromatic rings. The molecule has 0 spiro atoms. The topological polar surface area (TPSA) is 58.9 Å². The van der Waals surface area contributed by atoms with E-state index >= 15 is 0 Å². The van der Waals surface area contributed by atoms with Gasteiger partial charge in [-0.15, -0.1) is 0 Å². The SMILES string of the molecule is CC(C)=CCc1c(C)cc2c(c1Oc1cc(C)cc(O)c1)CC(C(C)(C)O)O2. The minimum Gasteiger partial charge on any atom is -0.508 e. The van der Waals surface area contributed by atoms with Crippen LogP contribution in [0.3, 0.4) is 0 Å². The predicted molar refractivity (Wildman–Crippen MR) is 112 cm³/mol. The van der Waals surface area contributed by atoms with Gasteiger partial charge in [-0.2, -0.15) is 0 Å². The highest BCUT2D eigenvalue weighted by molar-refractivity contribution is 5.58. The summed E-state index contributed by atoms with van der Waals surface area (Å²) in [6.45, 7) is 11.7. The van der Waals surface area contributed by atoms with Crippen LogP contribution in [0.4, 0.5) is 0 Å². The van der Waals surface area contributed by atoms with Crippen molar-refractivity contribution < 1.29 is 19.7 Å². The lowest BCUT2D eigenvalue weighted by Crippen LogP contribution is -2.39. The number of benzene rings is 2. The third kappa shape index (κ3) is 4.33. The molecule has 2 N–H and O–H groups in total. The quantitative estimate of drug-likeness (QED) is 0.681. The van der Waals surface area contributed by atoms with Crippen LogP contribution in [0.15, 0.2) is 35.9 Å². The second-order valence-electron chi connectivity index (χ2n) is 8.53. The van der Waals surface area contributed by atoms with E-state index in [4.69, 9.17) is 9.47 Å². The molecule has 2 aromatic carbocycles. The summed E-state index contributed by atoms with van der Waals surface area (Å²) in [5.74, 6) is 2.30. The maximum absolute atomic E-state index is 10.4. The van der Waals surface area contributed by atoms with Gasteiger partial charge in [0.15, 0.2) is 0 Å². The average molecular weight is 383 g/mol. The van der Waals surface area contributed by atoms with Crippen molar-refractivity contribution in [1.29, 1.82) is 0 Å². The molecule has 4 nitrogen and oxygen atoms in total. The molecule has 0 bridgehead atoms. The van der Waals surface area contributed by atoms with Crippen molar-refractivity contribution >= 4 is 0 Å². The maximum Gasteiger partial charge on any atom is 0.138 e. The molecule has 0 radical (unpaired) electrons. The summed E-state index contributed by atoms with van der Waals surface area (Å²) in [5, 5.41) is 20.4. The van der Waals surface area contributed by atoms with Gasteiger partial charge in [0.25, 0.3) is 0 Å².